The molecule has 150 valence electrons. The molecule has 0 bridgehead atoms. The van der Waals surface area contributed by atoms with Crippen molar-refractivity contribution in [1.82, 2.24) is 15.1 Å². The van der Waals surface area contributed by atoms with Crippen molar-refractivity contribution in [3.05, 3.63) is 75.7 Å². The Balaban J connectivity index is 1.87. The van der Waals surface area contributed by atoms with Crippen LogP contribution in [0.25, 0.3) is 5.69 Å². The zero-order valence-electron chi connectivity index (χ0n) is 14.6. The number of nitrogens with one attached hydrogen (secondary N) is 1. The number of carboxylic acids is 1. The van der Waals surface area contributed by atoms with Crippen LogP contribution in [-0.4, -0.2) is 31.9 Å². The van der Waals surface area contributed by atoms with Gasteiger partial charge in [0, 0.05) is 6.07 Å². The molecule has 0 spiro atoms. The van der Waals surface area contributed by atoms with E-state index in [1.165, 1.54) is 30.3 Å². The van der Waals surface area contributed by atoms with E-state index >= 15 is 0 Å². The maximum atomic E-state index is 13.4. The quantitative estimate of drug-likeness (QED) is 0.541. The summed E-state index contributed by atoms with van der Waals surface area (Å²) in [6.07, 6.45) is -0.416. The number of hydrogen-bond donors (Lipinski definition) is 3. The Morgan fingerprint density at radius 1 is 1.14 bits per heavy atom. The molecular weight excluding hydrogens is 424 g/mol. The minimum atomic E-state index is -1.14. The van der Waals surface area contributed by atoms with E-state index in [-0.39, 0.29) is 27.3 Å². The number of aromatic hydroxyl groups is 1. The van der Waals surface area contributed by atoms with E-state index in [1.54, 1.807) is 6.07 Å². The van der Waals surface area contributed by atoms with E-state index in [9.17, 15) is 19.1 Å². The fourth-order valence-corrected chi connectivity index (χ4v) is 2.97. The molecular formula is C19H14Cl2FN3O4. The first-order valence-electron chi connectivity index (χ1n) is 8.27. The minimum absolute atomic E-state index is 0.179. The normalized spacial score (nSPS) is 11.8. The van der Waals surface area contributed by atoms with Crippen molar-refractivity contribution >= 4 is 35.1 Å². The lowest BCUT2D eigenvalue weighted by atomic mass is 10.0. The van der Waals surface area contributed by atoms with Crippen molar-refractivity contribution in [3.63, 3.8) is 0 Å². The van der Waals surface area contributed by atoms with Crippen LogP contribution in [0.15, 0.2) is 48.5 Å². The third-order valence-electron chi connectivity index (χ3n) is 4.01. The summed E-state index contributed by atoms with van der Waals surface area (Å²) in [5.74, 6) is -2.79. The monoisotopic (exact) mass is 437 g/mol. The lowest BCUT2D eigenvalue weighted by Crippen LogP contribution is -2.30. The number of halogens is 3. The largest absolute Gasteiger partial charge is 0.493 e. The Hall–Kier alpha value is -3.10. The molecule has 0 saturated carbocycles. The second kappa shape index (κ2) is 8.50. The SMILES string of the molecule is O=C(O)CC(NC(=O)c1cc(O)n(-c2cccc(F)c2)n1)c1ccc(Cl)c(Cl)c1. The summed E-state index contributed by atoms with van der Waals surface area (Å²) >= 11 is 11.9. The van der Waals surface area contributed by atoms with Crippen molar-refractivity contribution in [2.75, 3.05) is 0 Å². The van der Waals surface area contributed by atoms with Crippen molar-refractivity contribution in [3.8, 4) is 11.6 Å². The first kappa shape index (κ1) is 20.6. The molecule has 1 heterocycles. The highest BCUT2D eigenvalue weighted by Crippen LogP contribution is 2.27. The van der Waals surface area contributed by atoms with Gasteiger partial charge in [-0.25, -0.2) is 9.07 Å². The lowest BCUT2D eigenvalue weighted by molar-refractivity contribution is -0.137. The molecule has 1 aromatic heterocycles. The van der Waals surface area contributed by atoms with Gasteiger partial charge in [-0.05, 0) is 35.9 Å². The Morgan fingerprint density at radius 2 is 1.90 bits per heavy atom. The Bertz CT molecular complexity index is 1090. The van der Waals surface area contributed by atoms with Crippen LogP contribution in [0.4, 0.5) is 4.39 Å². The Labute approximate surface area is 174 Å². The molecule has 1 unspecified atom stereocenters. The Morgan fingerprint density at radius 3 is 2.55 bits per heavy atom. The van der Waals surface area contributed by atoms with E-state index in [0.29, 0.717) is 5.56 Å². The molecule has 3 aromatic rings. The fourth-order valence-electron chi connectivity index (χ4n) is 2.67. The average molecular weight is 438 g/mol. The van der Waals surface area contributed by atoms with Gasteiger partial charge in [-0.3, -0.25) is 9.59 Å². The first-order valence-corrected chi connectivity index (χ1v) is 9.03. The fraction of sp³-hybridized carbons (Fsp3) is 0.105. The molecule has 1 atom stereocenters. The van der Waals surface area contributed by atoms with E-state index in [4.69, 9.17) is 28.3 Å². The summed E-state index contributed by atoms with van der Waals surface area (Å²) in [7, 11) is 0. The predicted molar refractivity (Wildman–Crippen MR) is 104 cm³/mol. The summed E-state index contributed by atoms with van der Waals surface area (Å²) in [5.41, 5.74) is 0.472. The van der Waals surface area contributed by atoms with Crippen molar-refractivity contribution in [2.45, 2.75) is 12.5 Å². The van der Waals surface area contributed by atoms with Gasteiger partial charge >= 0.3 is 5.97 Å². The van der Waals surface area contributed by atoms with Crippen LogP contribution in [0.1, 0.15) is 28.5 Å². The number of aromatic nitrogens is 2. The molecule has 0 aliphatic rings. The minimum Gasteiger partial charge on any atom is -0.493 e. The number of nitrogens with zero attached hydrogens (tertiary/aromatic N) is 2. The molecule has 0 radical (unpaired) electrons. The third kappa shape index (κ3) is 4.85. The highest BCUT2D eigenvalue weighted by molar-refractivity contribution is 6.42. The van der Waals surface area contributed by atoms with Crippen LogP contribution in [0.2, 0.25) is 10.0 Å². The number of carbonyl (C=O) groups excluding carboxylic acids is 1. The standard InChI is InChI=1S/C19H14Cl2FN3O4/c20-13-5-4-10(6-14(13)21)15(9-18(27)28)23-19(29)16-8-17(26)25(24-16)12-3-1-2-11(22)7-12/h1-8,15,26H,9H2,(H,23,29)(H,27,28). The average Bonchev–Trinajstić information content (AvgIpc) is 3.05. The van der Waals surface area contributed by atoms with Gasteiger partial charge in [0.05, 0.1) is 28.2 Å². The number of carbonyl (C=O) groups is 2. The van der Waals surface area contributed by atoms with Crippen molar-refractivity contribution in [1.29, 1.82) is 0 Å². The highest BCUT2D eigenvalue weighted by atomic mass is 35.5. The number of hydrogen-bond acceptors (Lipinski definition) is 4. The molecule has 0 aliphatic heterocycles. The number of benzene rings is 2. The van der Waals surface area contributed by atoms with Gasteiger partial charge in [0.25, 0.3) is 5.91 Å². The summed E-state index contributed by atoms with van der Waals surface area (Å²) < 4.78 is 14.4. The summed E-state index contributed by atoms with van der Waals surface area (Å²) in [4.78, 5) is 23.8. The zero-order chi connectivity index (χ0) is 21.1. The lowest BCUT2D eigenvalue weighted by Gasteiger charge is -2.17. The molecule has 1 amide bonds. The van der Waals surface area contributed by atoms with Gasteiger partial charge < -0.3 is 15.5 Å². The highest BCUT2D eigenvalue weighted by Gasteiger charge is 2.22. The smallest absolute Gasteiger partial charge is 0.305 e. The number of carboxylic acid groups (broad SMARTS) is 1. The Kier molecular flexibility index (Phi) is 6.05. The van der Waals surface area contributed by atoms with Crippen molar-refractivity contribution < 1.29 is 24.2 Å². The topological polar surface area (TPSA) is 104 Å². The van der Waals surface area contributed by atoms with Crippen LogP contribution >= 0.6 is 23.2 Å². The van der Waals surface area contributed by atoms with Crippen LogP contribution < -0.4 is 5.32 Å². The van der Waals surface area contributed by atoms with Gasteiger partial charge in [0.1, 0.15) is 5.82 Å². The van der Waals surface area contributed by atoms with Crippen LogP contribution in [-0.2, 0) is 4.79 Å². The first-order chi connectivity index (χ1) is 13.7. The molecule has 3 N–H and O–H groups in total. The maximum Gasteiger partial charge on any atom is 0.305 e. The van der Waals surface area contributed by atoms with Gasteiger partial charge in [-0.2, -0.15) is 5.10 Å². The summed E-state index contributed by atoms with van der Waals surface area (Å²) in [6, 6.07) is 9.96. The van der Waals surface area contributed by atoms with E-state index in [1.807, 2.05) is 0 Å². The second-order valence-corrected chi connectivity index (χ2v) is 6.89. The van der Waals surface area contributed by atoms with Crippen LogP contribution in [0, 0.1) is 5.82 Å². The predicted octanol–water partition coefficient (Wildman–Crippen LogP) is 3.97. The van der Waals surface area contributed by atoms with E-state index in [0.717, 1.165) is 16.8 Å². The number of rotatable bonds is 6. The molecule has 0 saturated heterocycles. The maximum absolute atomic E-state index is 13.4. The molecule has 10 heteroatoms. The van der Waals surface area contributed by atoms with Gasteiger partial charge in [-0.1, -0.05) is 35.3 Å². The van der Waals surface area contributed by atoms with E-state index < -0.39 is 30.2 Å². The molecule has 3 rings (SSSR count). The summed E-state index contributed by atoms with van der Waals surface area (Å²) in [6.45, 7) is 0. The van der Waals surface area contributed by atoms with Crippen LogP contribution in [0.5, 0.6) is 5.88 Å². The molecule has 0 fully saturated rings. The summed E-state index contributed by atoms with van der Waals surface area (Å²) in [5, 5.41) is 26.2. The molecule has 0 aliphatic carbocycles. The van der Waals surface area contributed by atoms with Crippen molar-refractivity contribution in [2.24, 2.45) is 0 Å². The number of aliphatic carboxylic acids is 1. The van der Waals surface area contributed by atoms with Gasteiger partial charge in [0.15, 0.2) is 5.69 Å². The molecule has 7 nitrogen and oxygen atoms in total. The van der Waals surface area contributed by atoms with Gasteiger partial charge in [0.2, 0.25) is 5.88 Å². The molecule has 2 aromatic carbocycles. The number of amides is 1. The van der Waals surface area contributed by atoms with E-state index in [2.05, 4.69) is 10.4 Å². The van der Waals surface area contributed by atoms with Gasteiger partial charge in [-0.15, -0.1) is 0 Å². The third-order valence-corrected chi connectivity index (χ3v) is 4.75. The molecule has 29 heavy (non-hydrogen) atoms. The second-order valence-electron chi connectivity index (χ2n) is 6.08. The van der Waals surface area contributed by atoms with Crippen LogP contribution in [0.3, 0.4) is 0 Å². The zero-order valence-corrected chi connectivity index (χ0v) is 16.2.